The van der Waals surface area contributed by atoms with Crippen molar-refractivity contribution in [1.29, 1.82) is 0 Å². The molecule has 0 radical (unpaired) electrons. The number of nitrogens with zero attached hydrogens (tertiary/aromatic N) is 1. The van der Waals surface area contributed by atoms with Crippen LogP contribution in [0.1, 0.15) is 32.0 Å². The van der Waals surface area contributed by atoms with E-state index in [1.54, 1.807) is 20.8 Å². The number of fused-ring (bicyclic) bond motifs is 1. The Morgan fingerprint density at radius 3 is 2.18 bits per heavy atom. The van der Waals surface area contributed by atoms with Crippen molar-refractivity contribution in [2.45, 2.75) is 33.6 Å². The van der Waals surface area contributed by atoms with Gasteiger partial charge in [0.2, 0.25) is 0 Å². The zero-order valence-electron chi connectivity index (χ0n) is 17.3. The van der Waals surface area contributed by atoms with Crippen LogP contribution in [0.3, 0.4) is 0 Å². The molecule has 2 aromatic rings. The fourth-order valence-electron chi connectivity index (χ4n) is 3.17. The molecule has 156 valence electrons. The van der Waals surface area contributed by atoms with E-state index in [2.05, 4.69) is 9.88 Å². The summed E-state index contributed by atoms with van der Waals surface area (Å²) in [4.78, 5) is 30.9. The predicted molar refractivity (Wildman–Crippen MR) is 113 cm³/mol. The zero-order valence-corrected chi connectivity index (χ0v) is 18.1. The molecule has 0 unspecified atom stereocenters. The van der Waals surface area contributed by atoms with Crippen LogP contribution in [0, 0.1) is 5.41 Å². The molecule has 0 amide bonds. The number of nitrogens with one attached hydrogen (secondary N) is 1. The second-order valence-corrected chi connectivity index (χ2v) is 7.13. The average Bonchev–Trinajstić information content (AvgIpc) is 2.97. The molecule has 28 heavy (non-hydrogen) atoms. The molecule has 0 aliphatic carbocycles. The van der Waals surface area contributed by atoms with Crippen molar-refractivity contribution in [2.24, 2.45) is 5.41 Å². The Hall–Kier alpha value is -2.05. The minimum atomic E-state index is -1.39. The van der Waals surface area contributed by atoms with Gasteiger partial charge in [0.05, 0.1) is 13.2 Å². The molecule has 1 aromatic carbocycles. The van der Waals surface area contributed by atoms with Gasteiger partial charge in [0.1, 0.15) is 0 Å². The van der Waals surface area contributed by atoms with Crippen molar-refractivity contribution in [3.63, 3.8) is 0 Å². The Labute approximate surface area is 173 Å². The topological polar surface area (TPSA) is 71.6 Å². The number of H-pyrrole nitrogens is 1. The molecule has 1 aromatic heterocycles. The summed E-state index contributed by atoms with van der Waals surface area (Å²) in [6.45, 7) is 6.37. The maximum Gasteiger partial charge on any atom is 0.323 e. The lowest BCUT2D eigenvalue weighted by Crippen LogP contribution is -2.41. The minimum absolute atomic E-state index is 0. The normalized spacial score (nSPS) is 11.4. The van der Waals surface area contributed by atoms with Crippen LogP contribution in [0.25, 0.3) is 10.9 Å². The monoisotopic (exact) mass is 410 g/mol. The second-order valence-electron chi connectivity index (χ2n) is 7.13. The lowest BCUT2D eigenvalue weighted by atomic mass is 9.82. The maximum absolute atomic E-state index is 12.7. The molecule has 7 heteroatoms. The summed E-state index contributed by atoms with van der Waals surface area (Å²) in [6.07, 6.45) is 1.02. The van der Waals surface area contributed by atoms with Crippen LogP contribution in [-0.2, 0) is 31.9 Å². The van der Waals surface area contributed by atoms with Gasteiger partial charge in [-0.15, -0.1) is 12.4 Å². The van der Waals surface area contributed by atoms with Gasteiger partial charge in [0.25, 0.3) is 0 Å². The molecule has 1 heterocycles. The smallest absolute Gasteiger partial charge is 0.323 e. The minimum Gasteiger partial charge on any atom is -0.465 e. The van der Waals surface area contributed by atoms with Crippen molar-refractivity contribution in [2.75, 3.05) is 33.9 Å². The predicted octanol–water partition coefficient (Wildman–Crippen LogP) is 3.37. The fourth-order valence-corrected chi connectivity index (χ4v) is 3.17. The number of para-hydroxylation sites is 1. The number of ether oxygens (including phenoxy) is 2. The molecular formula is C21H31ClN2O4. The van der Waals surface area contributed by atoms with E-state index in [1.807, 2.05) is 38.4 Å². The molecular weight excluding hydrogens is 380 g/mol. The fraction of sp³-hybridized carbons (Fsp3) is 0.524. The molecule has 6 nitrogen and oxygen atoms in total. The molecule has 0 fully saturated rings. The first-order chi connectivity index (χ1) is 12.8. The number of rotatable bonds is 9. The van der Waals surface area contributed by atoms with Gasteiger partial charge < -0.3 is 19.4 Å². The van der Waals surface area contributed by atoms with Crippen molar-refractivity contribution < 1.29 is 19.1 Å². The van der Waals surface area contributed by atoms with Crippen molar-refractivity contribution in [3.8, 4) is 0 Å². The maximum atomic E-state index is 12.7. The van der Waals surface area contributed by atoms with E-state index in [0.29, 0.717) is 0 Å². The quantitative estimate of drug-likeness (QED) is 0.507. The van der Waals surface area contributed by atoms with Gasteiger partial charge in [0, 0.05) is 36.0 Å². The first-order valence-electron chi connectivity index (χ1n) is 9.41. The van der Waals surface area contributed by atoms with E-state index in [9.17, 15) is 9.59 Å². The summed E-state index contributed by atoms with van der Waals surface area (Å²) in [5.41, 5.74) is 1.61. The van der Waals surface area contributed by atoms with Crippen molar-refractivity contribution >= 4 is 35.2 Å². The number of likely N-dealkylation sites (N-methyl/N-ethyl adjacent to an activating group) is 1. The SMILES string of the molecule is CCOC(=O)C(C)(Cc1c(CCN(C)C)[nH]c2ccccc12)C(=O)OCC.Cl. The number of hydrogen-bond acceptors (Lipinski definition) is 5. The van der Waals surface area contributed by atoms with Gasteiger partial charge in [-0.05, 0) is 46.5 Å². The zero-order chi connectivity index (χ0) is 20.0. The van der Waals surface area contributed by atoms with Crippen molar-refractivity contribution in [3.05, 3.63) is 35.5 Å². The van der Waals surface area contributed by atoms with Gasteiger partial charge in [-0.1, -0.05) is 18.2 Å². The molecule has 0 bridgehead atoms. The van der Waals surface area contributed by atoms with E-state index in [-0.39, 0.29) is 32.0 Å². The molecule has 0 aliphatic heterocycles. The van der Waals surface area contributed by atoms with E-state index in [4.69, 9.17) is 9.47 Å². The standard InChI is InChI=1S/C21H30N2O4.ClH/c1-6-26-19(24)21(3,20(25)27-7-2)14-16-15-10-8-9-11-17(15)22-18(16)12-13-23(4)5;/h8-11,22H,6-7,12-14H2,1-5H3;1H. The highest BCUT2D eigenvalue weighted by Crippen LogP contribution is 2.33. The number of aromatic amines is 1. The summed E-state index contributed by atoms with van der Waals surface area (Å²) in [6, 6.07) is 7.94. The van der Waals surface area contributed by atoms with E-state index in [0.717, 1.165) is 35.1 Å². The molecule has 0 spiro atoms. The second kappa shape index (κ2) is 10.5. The van der Waals surface area contributed by atoms with Crippen LogP contribution in [-0.4, -0.2) is 55.7 Å². The van der Waals surface area contributed by atoms with Gasteiger partial charge in [-0.2, -0.15) is 0 Å². The highest BCUT2D eigenvalue weighted by molar-refractivity contribution is 6.00. The molecule has 2 rings (SSSR count). The van der Waals surface area contributed by atoms with Crippen LogP contribution >= 0.6 is 12.4 Å². The first kappa shape index (κ1) is 24.0. The lowest BCUT2D eigenvalue weighted by molar-refractivity contribution is -0.170. The molecule has 0 saturated carbocycles. The number of esters is 2. The molecule has 0 saturated heterocycles. The summed E-state index contributed by atoms with van der Waals surface area (Å²) < 4.78 is 10.4. The summed E-state index contributed by atoms with van der Waals surface area (Å²) in [5.74, 6) is -1.10. The molecule has 1 N–H and O–H groups in total. The van der Waals surface area contributed by atoms with E-state index >= 15 is 0 Å². The third-order valence-electron chi connectivity index (χ3n) is 4.69. The van der Waals surface area contributed by atoms with Crippen molar-refractivity contribution in [1.82, 2.24) is 9.88 Å². The number of benzene rings is 1. The Morgan fingerprint density at radius 1 is 1.07 bits per heavy atom. The van der Waals surface area contributed by atoms with Gasteiger partial charge >= 0.3 is 11.9 Å². The van der Waals surface area contributed by atoms with Crippen LogP contribution in [0.4, 0.5) is 0 Å². The summed E-state index contributed by atoms with van der Waals surface area (Å²) >= 11 is 0. The molecule has 0 atom stereocenters. The van der Waals surface area contributed by atoms with E-state index < -0.39 is 17.4 Å². The number of aromatic nitrogens is 1. The highest BCUT2D eigenvalue weighted by atomic mass is 35.5. The highest BCUT2D eigenvalue weighted by Gasteiger charge is 2.45. The number of carbonyl (C=O) groups excluding carboxylic acids is 2. The first-order valence-corrected chi connectivity index (χ1v) is 9.41. The number of halogens is 1. The van der Waals surface area contributed by atoms with Crippen LogP contribution in [0.15, 0.2) is 24.3 Å². The largest absolute Gasteiger partial charge is 0.465 e. The Morgan fingerprint density at radius 2 is 1.64 bits per heavy atom. The third-order valence-corrected chi connectivity index (χ3v) is 4.69. The number of carbonyl (C=O) groups is 2. The third kappa shape index (κ3) is 5.26. The van der Waals surface area contributed by atoms with Crippen LogP contribution in [0.5, 0.6) is 0 Å². The van der Waals surface area contributed by atoms with Gasteiger partial charge in [-0.25, -0.2) is 0 Å². The van der Waals surface area contributed by atoms with Gasteiger partial charge in [-0.3, -0.25) is 9.59 Å². The average molecular weight is 411 g/mol. The van der Waals surface area contributed by atoms with Crippen LogP contribution < -0.4 is 0 Å². The Balaban J connectivity index is 0.00000392. The molecule has 0 aliphatic rings. The summed E-state index contributed by atoms with van der Waals surface area (Å²) in [7, 11) is 4.04. The Kier molecular flexibility index (Phi) is 8.98. The van der Waals surface area contributed by atoms with Crippen LogP contribution in [0.2, 0.25) is 0 Å². The summed E-state index contributed by atoms with van der Waals surface area (Å²) in [5, 5.41) is 1.02. The Bertz CT molecular complexity index is 783. The van der Waals surface area contributed by atoms with E-state index in [1.165, 1.54) is 0 Å². The number of hydrogen-bond donors (Lipinski definition) is 1. The lowest BCUT2D eigenvalue weighted by Gasteiger charge is -2.25. The van der Waals surface area contributed by atoms with Gasteiger partial charge in [0.15, 0.2) is 5.41 Å².